The van der Waals surface area contributed by atoms with E-state index < -0.39 is 41.2 Å². The largest absolute Gasteiger partial charge is 0.550 e. The number of nitrogens with one attached hydrogen (secondary N) is 1. The first kappa shape index (κ1) is 22.3. The Kier molecular flexibility index (Phi) is 7.66. The van der Waals surface area contributed by atoms with Crippen LogP contribution in [-0.2, 0) is 19.1 Å². The van der Waals surface area contributed by atoms with Crippen LogP contribution in [0.3, 0.4) is 0 Å². The average Bonchev–Trinajstić information content (AvgIpc) is 2.64. The second kappa shape index (κ2) is 9.97. The zero-order valence-corrected chi connectivity index (χ0v) is 16.0. The second-order valence-electron chi connectivity index (χ2n) is 6.27. The van der Waals surface area contributed by atoms with E-state index in [0.29, 0.717) is 0 Å². The number of halogens is 2. The number of hydrogen-bond acceptors (Lipinski definition) is 6. The smallest absolute Gasteiger partial charge is 0.338 e. The summed E-state index contributed by atoms with van der Waals surface area (Å²) in [6, 6.07) is 1.07. The summed E-state index contributed by atoms with van der Waals surface area (Å²) < 4.78 is 38.6. The molecule has 0 saturated carbocycles. The first-order chi connectivity index (χ1) is 13.8. The van der Waals surface area contributed by atoms with Crippen molar-refractivity contribution < 1.29 is 37.7 Å². The quantitative estimate of drug-likeness (QED) is 0.480. The number of amides is 2. The first-order valence-corrected chi connectivity index (χ1v) is 8.86. The van der Waals surface area contributed by atoms with Crippen LogP contribution in [-0.4, -0.2) is 49.7 Å². The summed E-state index contributed by atoms with van der Waals surface area (Å²) in [7, 11) is 1.41. The molecule has 2 amide bonds. The number of nitrogens with zero attached hydrogens (tertiary/aromatic N) is 1. The number of hydrogen-bond donors (Lipinski definition) is 1. The first-order valence-electron chi connectivity index (χ1n) is 8.86. The molecule has 8 nitrogen and oxygen atoms in total. The Balaban J connectivity index is 2.44. The number of allylic oxidation sites excluding steroid dienone is 1. The lowest BCUT2D eigenvalue weighted by Crippen LogP contribution is -2.49. The third kappa shape index (κ3) is 5.29. The molecule has 0 bridgehead atoms. The summed E-state index contributed by atoms with van der Waals surface area (Å²) in [5.74, 6) is -4.03. The van der Waals surface area contributed by atoms with Crippen LogP contribution in [0.1, 0.15) is 31.4 Å². The molecule has 1 aromatic carbocycles. The van der Waals surface area contributed by atoms with E-state index in [2.05, 4.69) is 5.32 Å². The van der Waals surface area contributed by atoms with Crippen molar-refractivity contribution in [2.75, 3.05) is 26.9 Å². The molecular weight excluding hydrogens is 390 g/mol. The Morgan fingerprint density at radius 1 is 1.24 bits per heavy atom. The summed E-state index contributed by atoms with van der Waals surface area (Å²) in [5, 5.41) is 13.0. The number of ether oxygens (including phenoxy) is 2. The van der Waals surface area contributed by atoms with E-state index in [4.69, 9.17) is 9.47 Å². The molecule has 1 aliphatic heterocycles. The fraction of sp³-hybridized carbons (Fsp3) is 0.421. The number of benzene rings is 1. The molecule has 10 heteroatoms. The Labute approximate surface area is 166 Å². The molecular formula is C19H21F2N2O6-. The Bertz CT molecular complexity index is 807. The molecule has 1 aliphatic rings. The molecule has 1 atom stereocenters. The summed E-state index contributed by atoms with van der Waals surface area (Å²) in [6.45, 7) is 1.40. The van der Waals surface area contributed by atoms with Crippen LogP contribution in [0.25, 0.3) is 0 Å². The van der Waals surface area contributed by atoms with Crippen molar-refractivity contribution in [1.29, 1.82) is 0 Å². The van der Waals surface area contributed by atoms with Gasteiger partial charge in [0.05, 0.1) is 23.8 Å². The van der Waals surface area contributed by atoms with Crippen molar-refractivity contribution in [1.82, 2.24) is 10.2 Å². The van der Waals surface area contributed by atoms with Gasteiger partial charge in [0.2, 0.25) is 0 Å². The van der Waals surface area contributed by atoms with Gasteiger partial charge in [-0.2, -0.15) is 0 Å². The van der Waals surface area contributed by atoms with Crippen LogP contribution < -0.4 is 10.4 Å². The molecule has 0 saturated heterocycles. The van der Waals surface area contributed by atoms with Gasteiger partial charge < -0.3 is 24.7 Å². The number of rotatable bonds is 9. The SMILES string of the molecule is COCCOC(=O)C1=C(C)N(CCCC(=O)[O-])C(=O)N[C@@H]1c1c(F)cccc1F. The highest BCUT2D eigenvalue weighted by Gasteiger charge is 2.38. The van der Waals surface area contributed by atoms with E-state index in [-0.39, 0.29) is 43.9 Å². The number of carboxylic acid groups (broad SMARTS) is 1. The Morgan fingerprint density at radius 3 is 2.48 bits per heavy atom. The maximum atomic E-state index is 14.3. The number of carboxylic acids is 1. The standard InChI is InChI=1S/C19H22F2N2O6/c1-11-15(18(26)29-10-9-28-2)17(16-12(20)5-3-6-13(16)21)22-19(27)23(11)8-4-7-14(24)25/h3,5-6,17H,4,7-10H2,1-2H3,(H,22,27)(H,24,25)/p-1/t17-/m0/s1. The van der Waals surface area contributed by atoms with E-state index in [9.17, 15) is 28.3 Å². The van der Waals surface area contributed by atoms with Crippen molar-refractivity contribution in [2.45, 2.75) is 25.8 Å². The average molecular weight is 411 g/mol. The predicted octanol–water partition coefficient (Wildman–Crippen LogP) is 1.02. The van der Waals surface area contributed by atoms with Gasteiger partial charge in [-0.25, -0.2) is 18.4 Å². The normalized spacial score (nSPS) is 16.6. The lowest BCUT2D eigenvalue weighted by molar-refractivity contribution is -0.305. The Hall–Kier alpha value is -3.01. The van der Waals surface area contributed by atoms with Crippen molar-refractivity contribution in [2.24, 2.45) is 0 Å². The highest BCUT2D eigenvalue weighted by Crippen LogP contribution is 2.34. The van der Waals surface area contributed by atoms with Crippen molar-refractivity contribution >= 4 is 18.0 Å². The number of urea groups is 1. The molecule has 1 N–H and O–H groups in total. The minimum absolute atomic E-state index is 0.0348. The van der Waals surface area contributed by atoms with Gasteiger partial charge in [-0.05, 0) is 31.9 Å². The van der Waals surface area contributed by atoms with Gasteiger partial charge in [0.1, 0.15) is 18.2 Å². The van der Waals surface area contributed by atoms with E-state index >= 15 is 0 Å². The van der Waals surface area contributed by atoms with Gasteiger partial charge in [-0.15, -0.1) is 0 Å². The molecule has 29 heavy (non-hydrogen) atoms. The summed E-state index contributed by atoms with van der Waals surface area (Å²) in [5.41, 5.74) is -0.534. The Morgan fingerprint density at radius 2 is 1.90 bits per heavy atom. The molecule has 0 aromatic heterocycles. The van der Waals surface area contributed by atoms with E-state index in [1.807, 2.05) is 0 Å². The summed E-state index contributed by atoms with van der Waals surface area (Å²) >= 11 is 0. The van der Waals surface area contributed by atoms with Gasteiger partial charge in [-0.3, -0.25) is 4.90 Å². The van der Waals surface area contributed by atoms with Crippen LogP contribution in [0.15, 0.2) is 29.5 Å². The van der Waals surface area contributed by atoms with Gasteiger partial charge in [0.15, 0.2) is 0 Å². The van der Waals surface area contributed by atoms with Gasteiger partial charge in [0.25, 0.3) is 0 Å². The summed E-state index contributed by atoms with van der Waals surface area (Å²) in [4.78, 5) is 36.9. The van der Waals surface area contributed by atoms with Gasteiger partial charge >= 0.3 is 12.0 Å². The van der Waals surface area contributed by atoms with Crippen LogP contribution >= 0.6 is 0 Å². The topological polar surface area (TPSA) is 108 Å². The minimum Gasteiger partial charge on any atom is -0.550 e. The number of carbonyl (C=O) groups excluding carboxylic acids is 3. The van der Waals surface area contributed by atoms with Crippen molar-refractivity contribution in [3.63, 3.8) is 0 Å². The van der Waals surface area contributed by atoms with Crippen LogP contribution in [0.4, 0.5) is 13.6 Å². The molecule has 0 aliphatic carbocycles. The van der Waals surface area contributed by atoms with E-state index in [1.54, 1.807) is 0 Å². The zero-order valence-electron chi connectivity index (χ0n) is 16.0. The van der Waals surface area contributed by atoms with E-state index in [1.165, 1.54) is 14.0 Å². The second-order valence-corrected chi connectivity index (χ2v) is 6.27. The highest BCUT2D eigenvalue weighted by molar-refractivity contribution is 5.95. The van der Waals surface area contributed by atoms with Crippen molar-refractivity contribution in [3.8, 4) is 0 Å². The third-order valence-corrected chi connectivity index (χ3v) is 4.39. The van der Waals surface area contributed by atoms with Crippen LogP contribution in [0, 0.1) is 11.6 Å². The number of carbonyl (C=O) groups is 3. The van der Waals surface area contributed by atoms with Crippen LogP contribution in [0.5, 0.6) is 0 Å². The molecule has 0 radical (unpaired) electrons. The lowest BCUT2D eigenvalue weighted by Gasteiger charge is -2.35. The van der Waals surface area contributed by atoms with Crippen molar-refractivity contribution in [3.05, 3.63) is 46.7 Å². The number of esters is 1. The summed E-state index contributed by atoms with van der Waals surface area (Å²) in [6.07, 6.45) is -0.228. The predicted molar refractivity (Wildman–Crippen MR) is 94.1 cm³/mol. The maximum Gasteiger partial charge on any atom is 0.338 e. The molecule has 1 heterocycles. The maximum absolute atomic E-state index is 14.3. The molecule has 1 aromatic rings. The minimum atomic E-state index is -1.41. The zero-order chi connectivity index (χ0) is 21.6. The third-order valence-electron chi connectivity index (χ3n) is 4.39. The highest BCUT2D eigenvalue weighted by atomic mass is 19.1. The molecule has 158 valence electrons. The number of aliphatic carboxylic acids is 1. The van der Waals surface area contributed by atoms with E-state index in [0.717, 1.165) is 23.1 Å². The molecule has 0 unspecified atom stereocenters. The lowest BCUT2D eigenvalue weighted by atomic mass is 9.94. The molecule has 2 rings (SSSR count). The van der Waals surface area contributed by atoms with Gasteiger partial charge in [-0.1, -0.05) is 6.07 Å². The fourth-order valence-corrected chi connectivity index (χ4v) is 2.99. The number of methoxy groups -OCH3 is 1. The van der Waals surface area contributed by atoms with Crippen LogP contribution in [0.2, 0.25) is 0 Å². The molecule has 0 spiro atoms. The fourth-order valence-electron chi connectivity index (χ4n) is 2.99. The van der Waals surface area contributed by atoms with Gasteiger partial charge in [0, 0.05) is 25.3 Å². The molecule has 0 fully saturated rings. The monoisotopic (exact) mass is 411 g/mol.